The fraction of sp³-hybridized carbons (Fsp3) is 0.571. The second-order valence-corrected chi connectivity index (χ2v) is 5.00. The fourth-order valence-electron chi connectivity index (χ4n) is 2.50. The Bertz CT molecular complexity index is 380. The second kappa shape index (κ2) is 5.61. The van der Waals surface area contributed by atoms with Crippen LogP contribution < -0.4 is 0 Å². The highest BCUT2D eigenvalue weighted by Gasteiger charge is 2.19. The molecule has 0 amide bonds. The van der Waals surface area contributed by atoms with Gasteiger partial charge in [0.2, 0.25) is 0 Å². The van der Waals surface area contributed by atoms with Gasteiger partial charge in [-0.05, 0) is 55.5 Å². The number of aliphatic hydroxyl groups is 1. The van der Waals surface area contributed by atoms with Gasteiger partial charge in [-0.2, -0.15) is 0 Å². The van der Waals surface area contributed by atoms with Crippen LogP contribution in [0.3, 0.4) is 0 Å². The number of aliphatic hydroxyl groups excluding tert-OH is 1. The number of benzene rings is 1. The molecule has 1 aromatic rings. The molecule has 0 aromatic heterocycles. The molecule has 0 bridgehead atoms. The van der Waals surface area contributed by atoms with E-state index in [0.717, 1.165) is 43.6 Å². The van der Waals surface area contributed by atoms with Gasteiger partial charge in [0.1, 0.15) is 5.82 Å². The summed E-state index contributed by atoms with van der Waals surface area (Å²) in [6.07, 6.45) is 2.23. The number of likely N-dealkylation sites (tertiary alicyclic amines) is 1. The molecule has 0 saturated carbocycles. The molecule has 2 nitrogen and oxygen atoms in total. The zero-order valence-electron chi connectivity index (χ0n) is 10.3. The molecule has 1 aliphatic heterocycles. The molecule has 1 N–H and O–H groups in total. The van der Waals surface area contributed by atoms with Gasteiger partial charge in [0.15, 0.2) is 0 Å². The second-order valence-electron chi connectivity index (χ2n) is 5.00. The number of piperidine rings is 1. The molecule has 17 heavy (non-hydrogen) atoms. The maximum atomic E-state index is 13.2. The molecule has 3 heteroatoms. The summed E-state index contributed by atoms with van der Waals surface area (Å²) in [6, 6.07) is 4.96. The third kappa shape index (κ3) is 3.27. The van der Waals surface area contributed by atoms with E-state index in [2.05, 4.69) is 4.90 Å². The van der Waals surface area contributed by atoms with Gasteiger partial charge in [-0.15, -0.1) is 0 Å². The van der Waals surface area contributed by atoms with Crippen LogP contribution >= 0.6 is 0 Å². The first kappa shape index (κ1) is 12.5. The van der Waals surface area contributed by atoms with Crippen molar-refractivity contribution in [1.29, 1.82) is 0 Å². The highest BCUT2D eigenvalue weighted by molar-refractivity contribution is 5.26. The zero-order chi connectivity index (χ0) is 12.3. The van der Waals surface area contributed by atoms with Gasteiger partial charge in [0.05, 0.1) is 0 Å². The lowest BCUT2D eigenvalue weighted by atomic mass is 9.98. The summed E-state index contributed by atoms with van der Waals surface area (Å²) in [5.41, 5.74) is 2.20. The summed E-state index contributed by atoms with van der Waals surface area (Å²) >= 11 is 0. The van der Waals surface area contributed by atoms with Gasteiger partial charge in [0, 0.05) is 19.7 Å². The largest absolute Gasteiger partial charge is 0.396 e. The van der Waals surface area contributed by atoms with E-state index >= 15 is 0 Å². The Hall–Kier alpha value is -0.930. The Morgan fingerprint density at radius 2 is 2.29 bits per heavy atom. The van der Waals surface area contributed by atoms with E-state index in [0.29, 0.717) is 5.92 Å². The maximum Gasteiger partial charge on any atom is 0.123 e. The van der Waals surface area contributed by atoms with E-state index in [9.17, 15) is 9.50 Å². The van der Waals surface area contributed by atoms with Gasteiger partial charge in [0.25, 0.3) is 0 Å². The predicted octanol–water partition coefficient (Wildman–Crippen LogP) is 2.34. The molecule has 1 aliphatic rings. The molecule has 1 fully saturated rings. The van der Waals surface area contributed by atoms with Crippen molar-refractivity contribution in [3.05, 3.63) is 35.1 Å². The van der Waals surface area contributed by atoms with E-state index in [1.54, 1.807) is 6.07 Å². The lowest BCUT2D eigenvalue weighted by Crippen LogP contribution is -2.36. The van der Waals surface area contributed by atoms with Crippen molar-refractivity contribution in [2.75, 3.05) is 19.7 Å². The molecule has 1 unspecified atom stereocenters. The van der Waals surface area contributed by atoms with Crippen LogP contribution in [0, 0.1) is 18.7 Å². The van der Waals surface area contributed by atoms with Crippen LogP contribution in [0.5, 0.6) is 0 Å². The average Bonchev–Trinajstić information content (AvgIpc) is 2.34. The molecular weight excluding hydrogens is 217 g/mol. The van der Waals surface area contributed by atoms with Crippen molar-refractivity contribution in [2.45, 2.75) is 26.3 Å². The van der Waals surface area contributed by atoms with Crippen molar-refractivity contribution in [2.24, 2.45) is 5.92 Å². The zero-order valence-corrected chi connectivity index (χ0v) is 10.3. The van der Waals surface area contributed by atoms with Crippen LogP contribution in [0.15, 0.2) is 18.2 Å². The van der Waals surface area contributed by atoms with Gasteiger partial charge in [-0.25, -0.2) is 4.39 Å². The minimum atomic E-state index is -0.165. The summed E-state index contributed by atoms with van der Waals surface area (Å²) in [7, 11) is 0. The Kier molecular flexibility index (Phi) is 4.13. The van der Waals surface area contributed by atoms with Crippen LogP contribution in [0.4, 0.5) is 4.39 Å². The van der Waals surface area contributed by atoms with Crippen LogP contribution in [0.25, 0.3) is 0 Å². The smallest absolute Gasteiger partial charge is 0.123 e. The molecule has 0 spiro atoms. The van der Waals surface area contributed by atoms with E-state index in [1.165, 1.54) is 6.07 Å². The first-order chi connectivity index (χ1) is 8.19. The Balaban J connectivity index is 2.02. The summed E-state index contributed by atoms with van der Waals surface area (Å²) in [5, 5.41) is 9.19. The van der Waals surface area contributed by atoms with E-state index < -0.39 is 0 Å². The molecule has 1 saturated heterocycles. The quantitative estimate of drug-likeness (QED) is 0.872. The van der Waals surface area contributed by atoms with Crippen molar-refractivity contribution in [3.8, 4) is 0 Å². The van der Waals surface area contributed by atoms with Gasteiger partial charge < -0.3 is 5.11 Å². The fourth-order valence-corrected chi connectivity index (χ4v) is 2.50. The number of aryl methyl sites for hydroxylation is 1. The molecule has 1 aromatic carbocycles. The van der Waals surface area contributed by atoms with Crippen molar-refractivity contribution in [3.63, 3.8) is 0 Å². The van der Waals surface area contributed by atoms with Crippen LogP contribution in [-0.2, 0) is 6.54 Å². The monoisotopic (exact) mass is 237 g/mol. The Morgan fingerprint density at radius 1 is 1.47 bits per heavy atom. The van der Waals surface area contributed by atoms with Gasteiger partial charge >= 0.3 is 0 Å². The van der Waals surface area contributed by atoms with Gasteiger partial charge in [-0.3, -0.25) is 4.90 Å². The van der Waals surface area contributed by atoms with Crippen LogP contribution in [-0.4, -0.2) is 29.7 Å². The molecule has 94 valence electrons. The molecule has 2 rings (SSSR count). The average molecular weight is 237 g/mol. The lowest BCUT2D eigenvalue weighted by molar-refractivity contribution is 0.115. The number of nitrogens with zero attached hydrogens (tertiary/aromatic N) is 1. The van der Waals surface area contributed by atoms with E-state index in [4.69, 9.17) is 0 Å². The number of halogens is 1. The molecule has 1 heterocycles. The molecule has 0 aliphatic carbocycles. The summed E-state index contributed by atoms with van der Waals surface area (Å²) < 4.78 is 13.2. The summed E-state index contributed by atoms with van der Waals surface area (Å²) in [5.74, 6) is 0.221. The highest BCUT2D eigenvalue weighted by Crippen LogP contribution is 2.19. The van der Waals surface area contributed by atoms with Crippen LogP contribution in [0.2, 0.25) is 0 Å². The summed E-state index contributed by atoms with van der Waals surface area (Å²) in [4.78, 5) is 2.31. The predicted molar refractivity (Wildman–Crippen MR) is 66.2 cm³/mol. The minimum absolute atomic E-state index is 0.165. The van der Waals surface area contributed by atoms with E-state index in [-0.39, 0.29) is 12.4 Å². The van der Waals surface area contributed by atoms with E-state index in [1.807, 2.05) is 13.0 Å². The molecular formula is C14H20FNO. The third-order valence-corrected chi connectivity index (χ3v) is 3.57. The minimum Gasteiger partial charge on any atom is -0.396 e. The molecule has 1 atom stereocenters. The highest BCUT2D eigenvalue weighted by atomic mass is 19.1. The number of hydrogen-bond acceptors (Lipinski definition) is 2. The standard InChI is InChI=1S/C14H20FNO/c1-11-4-5-14(15)7-13(11)9-16-6-2-3-12(8-16)10-17/h4-5,7,12,17H,2-3,6,8-10H2,1H3. The topological polar surface area (TPSA) is 23.5 Å². The normalized spacial score (nSPS) is 21.7. The number of hydrogen-bond donors (Lipinski definition) is 1. The maximum absolute atomic E-state index is 13.2. The third-order valence-electron chi connectivity index (χ3n) is 3.57. The van der Waals surface area contributed by atoms with Crippen molar-refractivity contribution < 1.29 is 9.50 Å². The molecule has 0 radical (unpaired) electrons. The Morgan fingerprint density at radius 3 is 3.06 bits per heavy atom. The Labute approximate surface area is 102 Å². The van der Waals surface area contributed by atoms with Crippen molar-refractivity contribution in [1.82, 2.24) is 4.90 Å². The van der Waals surface area contributed by atoms with Crippen LogP contribution in [0.1, 0.15) is 24.0 Å². The SMILES string of the molecule is Cc1ccc(F)cc1CN1CCCC(CO)C1. The first-order valence-corrected chi connectivity index (χ1v) is 6.27. The first-order valence-electron chi connectivity index (χ1n) is 6.27. The van der Waals surface area contributed by atoms with Crippen molar-refractivity contribution >= 4 is 0 Å². The number of rotatable bonds is 3. The lowest BCUT2D eigenvalue weighted by Gasteiger charge is -2.32. The summed E-state index contributed by atoms with van der Waals surface area (Å²) in [6.45, 7) is 5.04. The van der Waals surface area contributed by atoms with Gasteiger partial charge in [-0.1, -0.05) is 6.07 Å².